The lowest BCUT2D eigenvalue weighted by Crippen LogP contribution is -2.24. The van der Waals surface area contributed by atoms with Crippen LogP contribution >= 0.6 is 0 Å². The summed E-state index contributed by atoms with van der Waals surface area (Å²) in [5.74, 6) is -1.38. The first-order chi connectivity index (χ1) is 13.1. The first kappa shape index (κ1) is 17.4. The van der Waals surface area contributed by atoms with E-state index in [4.69, 9.17) is 4.74 Å². The van der Waals surface area contributed by atoms with E-state index >= 15 is 0 Å². The molecule has 0 saturated carbocycles. The summed E-state index contributed by atoms with van der Waals surface area (Å²) in [5, 5.41) is 4.07. The van der Waals surface area contributed by atoms with Crippen LogP contribution in [-0.2, 0) is 11.3 Å². The molecule has 5 nitrogen and oxygen atoms in total. The van der Waals surface area contributed by atoms with Gasteiger partial charge in [0.2, 0.25) is 0 Å². The Hall–Kier alpha value is -3.06. The average Bonchev–Trinajstić information content (AvgIpc) is 3.06. The van der Waals surface area contributed by atoms with Gasteiger partial charge in [0.05, 0.1) is 25.4 Å². The van der Waals surface area contributed by atoms with Gasteiger partial charge in [0.15, 0.2) is 0 Å². The van der Waals surface area contributed by atoms with Crippen LogP contribution in [0.15, 0.2) is 59.7 Å². The predicted octanol–water partition coefficient (Wildman–Crippen LogP) is 3.16. The molecule has 0 radical (unpaired) electrons. The van der Waals surface area contributed by atoms with Crippen LogP contribution in [0.2, 0.25) is 0 Å². The van der Waals surface area contributed by atoms with E-state index < -0.39 is 17.3 Å². The molecule has 0 saturated heterocycles. The molecule has 138 valence electrons. The second-order valence-corrected chi connectivity index (χ2v) is 6.25. The minimum absolute atomic E-state index is 0.166. The Morgan fingerprint density at radius 2 is 1.81 bits per heavy atom. The molecular weight excluding hydrogens is 352 g/mol. The number of ether oxygens (including phenoxy) is 1. The normalized spacial score (nSPS) is 14.2. The fourth-order valence-electron chi connectivity index (χ4n) is 3.08. The van der Waals surface area contributed by atoms with Crippen molar-refractivity contribution in [2.45, 2.75) is 13.0 Å². The molecule has 0 fully saturated rings. The van der Waals surface area contributed by atoms with Gasteiger partial charge in [-0.1, -0.05) is 24.3 Å². The molecule has 27 heavy (non-hydrogen) atoms. The van der Waals surface area contributed by atoms with E-state index in [0.29, 0.717) is 18.9 Å². The molecule has 1 aliphatic heterocycles. The van der Waals surface area contributed by atoms with Crippen molar-refractivity contribution < 1.29 is 13.5 Å². The predicted molar refractivity (Wildman–Crippen MR) is 96.7 cm³/mol. The van der Waals surface area contributed by atoms with Crippen LogP contribution in [0.1, 0.15) is 17.5 Å². The van der Waals surface area contributed by atoms with Gasteiger partial charge in [-0.15, -0.1) is 0 Å². The van der Waals surface area contributed by atoms with Crippen LogP contribution in [0.4, 0.5) is 8.78 Å². The maximum Gasteiger partial charge on any atom is 0.350 e. The van der Waals surface area contributed by atoms with Crippen LogP contribution in [0.25, 0.3) is 11.3 Å². The molecule has 1 aliphatic rings. The van der Waals surface area contributed by atoms with Gasteiger partial charge in [0.1, 0.15) is 18.0 Å². The Morgan fingerprint density at radius 3 is 2.48 bits per heavy atom. The number of nitrogens with zero attached hydrogens (tertiary/aromatic N) is 3. The van der Waals surface area contributed by atoms with Gasteiger partial charge in [-0.2, -0.15) is 9.78 Å². The highest BCUT2D eigenvalue weighted by molar-refractivity contribution is 5.67. The number of halogens is 2. The van der Waals surface area contributed by atoms with Crippen LogP contribution in [0, 0.1) is 11.6 Å². The molecular formula is C20H17F2N3O2. The van der Waals surface area contributed by atoms with Gasteiger partial charge < -0.3 is 4.74 Å². The number of hydrogen-bond donors (Lipinski definition) is 0. The molecule has 0 aliphatic carbocycles. The molecule has 0 spiro atoms. The molecule has 7 heteroatoms. The summed E-state index contributed by atoms with van der Waals surface area (Å²) < 4.78 is 35.3. The van der Waals surface area contributed by atoms with E-state index in [9.17, 15) is 13.6 Å². The van der Waals surface area contributed by atoms with E-state index in [-0.39, 0.29) is 12.1 Å². The van der Waals surface area contributed by atoms with Crippen LogP contribution in [0.3, 0.4) is 0 Å². The van der Waals surface area contributed by atoms with Crippen LogP contribution in [0.5, 0.6) is 0 Å². The summed E-state index contributed by atoms with van der Waals surface area (Å²) in [7, 11) is 0. The lowest BCUT2D eigenvalue weighted by atomic mass is 10.0. The molecule has 4 rings (SSSR count). The van der Waals surface area contributed by atoms with Crippen molar-refractivity contribution in [3.05, 3.63) is 88.1 Å². The van der Waals surface area contributed by atoms with Crippen molar-refractivity contribution >= 4 is 5.57 Å². The van der Waals surface area contributed by atoms with Gasteiger partial charge in [-0.05, 0) is 41.8 Å². The fourth-order valence-corrected chi connectivity index (χ4v) is 3.08. The maximum atomic E-state index is 13.8. The summed E-state index contributed by atoms with van der Waals surface area (Å²) in [6, 6.07) is 11.1. The second-order valence-electron chi connectivity index (χ2n) is 6.25. The molecule has 0 N–H and O–H groups in total. The number of aromatic nitrogens is 3. The highest BCUT2D eigenvalue weighted by atomic mass is 19.1. The zero-order chi connectivity index (χ0) is 18.8. The third kappa shape index (κ3) is 3.46. The first-order valence-electron chi connectivity index (χ1n) is 8.58. The number of rotatable bonds is 4. The Morgan fingerprint density at radius 1 is 1.07 bits per heavy atom. The van der Waals surface area contributed by atoms with Gasteiger partial charge in [-0.25, -0.2) is 13.6 Å². The summed E-state index contributed by atoms with van der Waals surface area (Å²) in [6.07, 6.45) is 4.17. The van der Waals surface area contributed by atoms with Gasteiger partial charge in [0.25, 0.3) is 0 Å². The maximum absolute atomic E-state index is 13.8. The van der Waals surface area contributed by atoms with E-state index in [1.165, 1.54) is 27.2 Å². The largest absolute Gasteiger partial charge is 0.377 e. The Kier molecular flexibility index (Phi) is 4.68. The summed E-state index contributed by atoms with van der Waals surface area (Å²) in [4.78, 5) is 12.6. The summed E-state index contributed by atoms with van der Waals surface area (Å²) in [5.41, 5.74) is 2.24. The lowest BCUT2D eigenvalue weighted by molar-refractivity contribution is 0.161. The SMILES string of the molecule is O=c1n(Cc2c(F)cccc2F)cnn1-c1ccc(C2=CCOCC2)cc1. The van der Waals surface area contributed by atoms with Crippen LogP contribution < -0.4 is 5.69 Å². The Balaban J connectivity index is 1.60. The Labute approximate surface area is 154 Å². The van der Waals surface area contributed by atoms with Crippen molar-refractivity contribution in [1.29, 1.82) is 0 Å². The molecule has 0 unspecified atom stereocenters. The second kappa shape index (κ2) is 7.28. The van der Waals surface area contributed by atoms with Crippen molar-refractivity contribution in [3.63, 3.8) is 0 Å². The summed E-state index contributed by atoms with van der Waals surface area (Å²) >= 11 is 0. The quantitative estimate of drug-likeness (QED) is 0.710. The third-order valence-corrected chi connectivity index (χ3v) is 4.57. The smallest absolute Gasteiger partial charge is 0.350 e. The van der Waals surface area contributed by atoms with E-state index in [1.807, 2.05) is 18.2 Å². The van der Waals surface area contributed by atoms with E-state index in [0.717, 1.165) is 24.1 Å². The highest BCUT2D eigenvalue weighted by Crippen LogP contribution is 2.22. The molecule has 2 heterocycles. The van der Waals surface area contributed by atoms with Crippen molar-refractivity contribution in [3.8, 4) is 5.69 Å². The van der Waals surface area contributed by atoms with Gasteiger partial charge in [-0.3, -0.25) is 4.57 Å². The fraction of sp³-hybridized carbons (Fsp3) is 0.200. The lowest BCUT2D eigenvalue weighted by Gasteiger charge is -2.13. The third-order valence-electron chi connectivity index (χ3n) is 4.57. The molecule has 1 aromatic heterocycles. The van der Waals surface area contributed by atoms with Crippen molar-refractivity contribution in [2.75, 3.05) is 13.2 Å². The van der Waals surface area contributed by atoms with Crippen molar-refractivity contribution in [2.24, 2.45) is 0 Å². The molecule has 3 aromatic rings. The van der Waals surface area contributed by atoms with Gasteiger partial charge >= 0.3 is 5.69 Å². The summed E-state index contributed by atoms with van der Waals surface area (Å²) in [6.45, 7) is 1.08. The van der Waals surface area contributed by atoms with E-state index in [1.54, 1.807) is 12.1 Å². The minimum atomic E-state index is -0.691. The standard InChI is InChI=1S/C20H17F2N3O2/c21-18-2-1-3-19(22)17(18)12-24-13-23-25(20(24)26)16-6-4-14(5-7-16)15-8-10-27-11-9-15/h1-8,13H,9-12H2. The average molecular weight is 369 g/mol. The zero-order valence-corrected chi connectivity index (χ0v) is 14.4. The minimum Gasteiger partial charge on any atom is -0.377 e. The number of benzene rings is 2. The molecule has 2 aromatic carbocycles. The molecule has 0 bridgehead atoms. The molecule has 0 amide bonds. The first-order valence-corrected chi connectivity index (χ1v) is 8.58. The monoisotopic (exact) mass is 369 g/mol. The van der Waals surface area contributed by atoms with E-state index in [2.05, 4.69) is 5.10 Å². The molecule has 0 atom stereocenters. The zero-order valence-electron chi connectivity index (χ0n) is 14.4. The Bertz CT molecular complexity index is 1030. The van der Waals surface area contributed by atoms with Crippen molar-refractivity contribution in [1.82, 2.24) is 14.3 Å². The number of hydrogen-bond acceptors (Lipinski definition) is 3. The van der Waals surface area contributed by atoms with Gasteiger partial charge in [0, 0.05) is 5.56 Å². The van der Waals surface area contributed by atoms with Crippen LogP contribution in [-0.4, -0.2) is 27.6 Å². The highest BCUT2D eigenvalue weighted by Gasteiger charge is 2.13. The topological polar surface area (TPSA) is 49.0 Å².